The first-order chi connectivity index (χ1) is 8.75. The van der Waals surface area contributed by atoms with Gasteiger partial charge >= 0.3 is 0 Å². The highest BCUT2D eigenvalue weighted by Gasteiger charge is 2.22. The van der Waals surface area contributed by atoms with Gasteiger partial charge in [0.05, 0.1) is 12.7 Å². The van der Waals surface area contributed by atoms with Crippen molar-refractivity contribution in [2.75, 3.05) is 26.2 Å². The van der Waals surface area contributed by atoms with Crippen molar-refractivity contribution < 1.29 is 4.74 Å². The zero-order valence-electron chi connectivity index (χ0n) is 11.0. The molecule has 0 saturated carbocycles. The lowest BCUT2D eigenvalue weighted by Crippen LogP contribution is -2.49. The van der Waals surface area contributed by atoms with Crippen LogP contribution in [0.25, 0.3) is 6.08 Å². The van der Waals surface area contributed by atoms with E-state index in [1.54, 1.807) is 0 Å². The lowest BCUT2D eigenvalue weighted by atomic mass is 10.1. The topological polar surface area (TPSA) is 38.5 Å². The third-order valence-corrected chi connectivity index (χ3v) is 3.24. The maximum absolute atomic E-state index is 5.88. The average Bonchev–Trinajstić information content (AvgIpc) is 2.40. The van der Waals surface area contributed by atoms with Gasteiger partial charge in [0, 0.05) is 25.7 Å². The molecular formula is C15H22N2O. The largest absolute Gasteiger partial charge is 0.374 e. The molecule has 2 N–H and O–H groups in total. The van der Waals surface area contributed by atoms with Crippen molar-refractivity contribution in [3.63, 3.8) is 0 Å². The van der Waals surface area contributed by atoms with Gasteiger partial charge in [0.1, 0.15) is 0 Å². The van der Waals surface area contributed by atoms with E-state index in [-0.39, 0.29) is 12.1 Å². The number of hydrogen-bond acceptors (Lipinski definition) is 3. The van der Waals surface area contributed by atoms with Crippen LogP contribution < -0.4 is 5.73 Å². The van der Waals surface area contributed by atoms with Gasteiger partial charge in [0.25, 0.3) is 0 Å². The first kappa shape index (κ1) is 13.3. The molecule has 1 saturated heterocycles. The van der Waals surface area contributed by atoms with Gasteiger partial charge in [-0.2, -0.15) is 0 Å². The fraction of sp³-hybridized carbons (Fsp3) is 0.467. The van der Waals surface area contributed by atoms with Crippen LogP contribution in [0.1, 0.15) is 12.5 Å². The predicted molar refractivity (Wildman–Crippen MR) is 75.3 cm³/mol. The minimum absolute atomic E-state index is 0.103. The summed E-state index contributed by atoms with van der Waals surface area (Å²) in [5.74, 6) is 0. The zero-order chi connectivity index (χ0) is 12.8. The van der Waals surface area contributed by atoms with Gasteiger partial charge in [-0.3, -0.25) is 4.90 Å². The fourth-order valence-electron chi connectivity index (χ4n) is 2.12. The summed E-state index contributed by atoms with van der Waals surface area (Å²) in [4.78, 5) is 2.39. The second-order valence-electron chi connectivity index (χ2n) is 4.84. The molecule has 1 heterocycles. The van der Waals surface area contributed by atoms with Crippen molar-refractivity contribution in [3.8, 4) is 0 Å². The Labute approximate surface area is 109 Å². The van der Waals surface area contributed by atoms with Crippen LogP contribution in [0.15, 0.2) is 36.4 Å². The molecule has 0 aliphatic carbocycles. The molecule has 2 atom stereocenters. The molecular weight excluding hydrogens is 224 g/mol. The van der Waals surface area contributed by atoms with Crippen LogP contribution in [-0.4, -0.2) is 43.3 Å². The van der Waals surface area contributed by atoms with Crippen LogP contribution in [0.2, 0.25) is 0 Å². The van der Waals surface area contributed by atoms with Gasteiger partial charge in [-0.1, -0.05) is 42.5 Å². The Morgan fingerprint density at radius 1 is 1.44 bits per heavy atom. The highest BCUT2D eigenvalue weighted by molar-refractivity contribution is 5.48. The van der Waals surface area contributed by atoms with Crippen LogP contribution in [-0.2, 0) is 4.74 Å². The molecule has 1 aliphatic rings. The molecule has 3 nitrogen and oxygen atoms in total. The van der Waals surface area contributed by atoms with Gasteiger partial charge < -0.3 is 10.5 Å². The summed E-state index contributed by atoms with van der Waals surface area (Å²) in [7, 11) is 0. The van der Waals surface area contributed by atoms with Crippen LogP contribution in [0.4, 0.5) is 0 Å². The summed E-state index contributed by atoms with van der Waals surface area (Å²) in [5, 5.41) is 0. The molecule has 0 amide bonds. The monoisotopic (exact) mass is 246 g/mol. The van der Waals surface area contributed by atoms with E-state index in [0.29, 0.717) is 0 Å². The number of benzene rings is 1. The Kier molecular flexibility index (Phi) is 4.93. The van der Waals surface area contributed by atoms with Crippen molar-refractivity contribution in [3.05, 3.63) is 42.0 Å². The highest BCUT2D eigenvalue weighted by atomic mass is 16.5. The van der Waals surface area contributed by atoms with E-state index in [9.17, 15) is 0 Å². The molecule has 0 aromatic heterocycles. The van der Waals surface area contributed by atoms with E-state index in [0.717, 1.165) is 26.2 Å². The molecule has 98 valence electrons. The van der Waals surface area contributed by atoms with E-state index in [2.05, 4.69) is 41.3 Å². The Hall–Kier alpha value is -1.16. The molecule has 3 heteroatoms. The normalized spacial score (nSPS) is 23.3. The van der Waals surface area contributed by atoms with Crippen LogP contribution in [0.5, 0.6) is 0 Å². The van der Waals surface area contributed by atoms with Crippen LogP contribution >= 0.6 is 0 Å². The van der Waals surface area contributed by atoms with Crippen molar-refractivity contribution in [1.29, 1.82) is 0 Å². The molecule has 0 radical (unpaired) electrons. The SMILES string of the molecule is CC(N)C1CN(C/C=C/c2ccccc2)CCO1. The minimum atomic E-state index is 0.103. The number of rotatable bonds is 4. The van der Waals surface area contributed by atoms with Crippen molar-refractivity contribution in [2.45, 2.75) is 19.1 Å². The van der Waals surface area contributed by atoms with Crippen molar-refractivity contribution in [1.82, 2.24) is 4.90 Å². The molecule has 0 spiro atoms. The van der Waals surface area contributed by atoms with E-state index < -0.39 is 0 Å². The second-order valence-corrected chi connectivity index (χ2v) is 4.84. The lowest BCUT2D eigenvalue weighted by molar-refractivity contribution is -0.0338. The number of nitrogens with zero attached hydrogens (tertiary/aromatic N) is 1. The van der Waals surface area contributed by atoms with Crippen molar-refractivity contribution in [2.24, 2.45) is 5.73 Å². The second kappa shape index (κ2) is 6.69. The molecule has 1 aromatic carbocycles. The summed E-state index contributed by atoms with van der Waals surface area (Å²) in [6, 6.07) is 10.5. The van der Waals surface area contributed by atoms with Gasteiger partial charge in [-0.15, -0.1) is 0 Å². The third kappa shape index (κ3) is 3.95. The van der Waals surface area contributed by atoms with Crippen LogP contribution in [0.3, 0.4) is 0 Å². The first-order valence-electron chi connectivity index (χ1n) is 6.57. The lowest BCUT2D eigenvalue weighted by Gasteiger charge is -2.34. The van der Waals surface area contributed by atoms with Crippen LogP contribution in [0, 0.1) is 0 Å². The summed E-state index contributed by atoms with van der Waals surface area (Å²) in [5.41, 5.74) is 7.12. The molecule has 2 rings (SSSR count). The molecule has 2 unspecified atom stereocenters. The van der Waals surface area contributed by atoms with Gasteiger partial charge in [-0.25, -0.2) is 0 Å². The number of morpholine rings is 1. The number of nitrogens with two attached hydrogens (primary N) is 1. The molecule has 1 aliphatic heterocycles. The minimum Gasteiger partial charge on any atom is -0.374 e. The standard InChI is InChI=1S/C15H22N2O/c1-13(16)15-12-17(10-11-18-15)9-5-8-14-6-3-2-4-7-14/h2-8,13,15H,9-12,16H2,1H3/b8-5+. The third-order valence-electron chi connectivity index (χ3n) is 3.24. The van der Waals surface area contributed by atoms with E-state index in [4.69, 9.17) is 10.5 Å². The van der Waals surface area contributed by atoms with E-state index >= 15 is 0 Å². The summed E-state index contributed by atoms with van der Waals surface area (Å²) >= 11 is 0. The zero-order valence-corrected chi connectivity index (χ0v) is 11.0. The summed E-state index contributed by atoms with van der Waals surface area (Å²) in [6.45, 7) is 5.67. The fourth-order valence-corrected chi connectivity index (χ4v) is 2.12. The summed E-state index contributed by atoms with van der Waals surface area (Å²) in [6.07, 6.45) is 4.54. The quantitative estimate of drug-likeness (QED) is 0.879. The molecule has 18 heavy (non-hydrogen) atoms. The Bertz CT molecular complexity index is 375. The Balaban J connectivity index is 1.81. The van der Waals surface area contributed by atoms with Crippen molar-refractivity contribution >= 4 is 6.08 Å². The molecule has 1 fully saturated rings. The highest BCUT2D eigenvalue weighted by Crippen LogP contribution is 2.08. The predicted octanol–water partition coefficient (Wildman–Crippen LogP) is 1.75. The maximum atomic E-state index is 5.88. The Morgan fingerprint density at radius 3 is 2.94 bits per heavy atom. The average molecular weight is 246 g/mol. The first-order valence-corrected chi connectivity index (χ1v) is 6.57. The van der Waals surface area contributed by atoms with E-state index in [1.807, 2.05) is 13.0 Å². The van der Waals surface area contributed by atoms with Gasteiger partial charge in [-0.05, 0) is 12.5 Å². The number of ether oxygens (including phenoxy) is 1. The maximum Gasteiger partial charge on any atom is 0.0850 e. The summed E-state index contributed by atoms with van der Waals surface area (Å²) < 4.78 is 5.64. The van der Waals surface area contributed by atoms with E-state index in [1.165, 1.54) is 5.56 Å². The Morgan fingerprint density at radius 2 is 2.22 bits per heavy atom. The number of hydrogen-bond donors (Lipinski definition) is 1. The smallest absolute Gasteiger partial charge is 0.0850 e. The van der Waals surface area contributed by atoms with Gasteiger partial charge in [0.15, 0.2) is 0 Å². The molecule has 1 aromatic rings. The molecule has 0 bridgehead atoms. The van der Waals surface area contributed by atoms with Gasteiger partial charge in [0.2, 0.25) is 0 Å².